The first-order valence-corrected chi connectivity index (χ1v) is 7.34. The monoisotopic (exact) mass is 281 g/mol. The van der Waals surface area contributed by atoms with Gasteiger partial charge in [0.2, 0.25) is 5.91 Å². The van der Waals surface area contributed by atoms with Crippen LogP contribution >= 0.6 is 11.8 Å². The van der Waals surface area contributed by atoms with E-state index >= 15 is 0 Å². The number of likely N-dealkylation sites (N-methyl/N-ethyl adjacent to an activating group) is 1. The maximum absolute atomic E-state index is 12.1. The Morgan fingerprint density at radius 3 is 2.58 bits per heavy atom. The molecular weight excluding hydrogens is 258 g/mol. The second kappa shape index (κ2) is 6.44. The van der Waals surface area contributed by atoms with Gasteiger partial charge in [-0.1, -0.05) is 17.7 Å². The predicted octanol–water partition coefficient (Wildman–Crippen LogP) is 2.62. The fourth-order valence-electron chi connectivity index (χ4n) is 1.54. The molecule has 106 valence electrons. The topological polar surface area (TPSA) is 40.5 Å². The van der Waals surface area contributed by atoms with E-state index in [0.29, 0.717) is 5.75 Å². The van der Waals surface area contributed by atoms with Gasteiger partial charge in [-0.15, -0.1) is 11.8 Å². The molecule has 0 heterocycles. The number of aliphatic hydroxyl groups excluding tert-OH is 1. The van der Waals surface area contributed by atoms with Gasteiger partial charge in [-0.3, -0.25) is 4.79 Å². The number of hydrogen-bond donors (Lipinski definition) is 1. The van der Waals surface area contributed by atoms with Crippen LogP contribution in [-0.4, -0.2) is 40.9 Å². The molecule has 0 aliphatic heterocycles. The lowest BCUT2D eigenvalue weighted by atomic mass is 10.1. The first-order chi connectivity index (χ1) is 8.77. The molecule has 0 atom stereocenters. The molecule has 1 aromatic rings. The van der Waals surface area contributed by atoms with Gasteiger partial charge in [-0.2, -0.15) is 0 Å². The Labute approximate surface area is 120 Å². The Kier molecular flexibility index (Phi) is 5.44. The molecule has 0 radical (unpaired) electrons. The molecule has 0 aliphatic rings. The van der Waals surface area contributed by atoms with Crippen molar-refractivity contribution < 1.29 is 9.90 Å². The van der Waals surface area contributed by atoms with E-state index in [0.717, 1.165) is 4.90 Å². The van der Waals surface area contributed by atoms with E-state index in [9.17, 15) is 9.90 Å². The largest absolute Gasteiger partial charge is 0.394 e. The number of carbonyl (C=O) groups excluding carboxylic acids is 1. The number of amides is 1. The summed E-state index contributed by atoms with van der Waals surface area (Å²) < 4.78 is 0. The van der Waals surface area contributed by atoms with Crippen LogP contribution in [0, 0.1) is 13.8 Å². The molecule has 4 heteroatoms. The van der Waals surface area contributed by atoms with Crippen molar-refractivity contribution in [2.45, 2.75) is 38.1 Å². The lowest BCUT2D eigenvalue weighted by Gasteiger charge is -2.33. The number of carbonyl (C=O) groups is 1. The van der Waals surface area contributed by atoms with Crippen LogP contribution in [0.25, 0.3) is 0 Å². The lowest BCUT2D eigenvalue weighted by Crippen LogP contribution is -2.48. The average molecular weight is 281 g/mol. The Balaban J connectivity index is 2.67. The van der Waals surface area contributed by atoms with Crippen molar-refractivity contribution in [3.63, 3.8) is 0 Å². The van der Waals surface area contributed by atoms with Crippen molar-refractivity contribution in [1.29, 1.82) is 0 Å². The van der Waals surface area contributed by atoms with E-state index in [1.54, 1.807) is 23.7 Å². The van der Waals surface area contributed by atoms with Crippen LogP contribution in [0.4, 0.5) is 0 Å². The zero-order valence-electron chi connectivity index (χ0n) is 12.4. The predicted molar refractivity (Wildman–Crippen MR) is 80.6 cm³/mol. The van der Waals surface area contributed by atoms with Crippen LogP contribution < -0.4 is 0 Å². The van der Waals surface area contributed by atoms with Crippen molar-refractivity contribution in [1.82, 2.24) is 4.90 Å². The molecule has 3 nitrogen and oxygen atoms in total. The Hall–Kier alpha value is -1.00. The van der Waals surface area contributed by atoms with E-state index in [1.807, 2.05) is 27.7 Å². The summed E-state index contributed by atoms with van der Waals surface area (Å²) in [5.74, 6) is 0.425. The van der Waals surface area contributed by atoms with E-state index in [1.165, 1.54) is 11.1 Å². The zero-order valence-corrected chi connectivity index (χ0v) is 13.2. The minimum Gasteiger partial charge on any atom is -0.394 e. The van der Waals surface area contributed by atoms with Gasteiger partial charge < -0.3 is 10.0 Å². The Bertz CT molecular complexity index is 457. The zero-order chi connectivity index (χ0) is 14.6. The summed E-state index contributed by atoms with van der Waals surface area (Å²) in [7, 11) is 1.74. The third-order valence-electron chi connectivity index (χ3n) is 3.36. The van der Waals surface area contributed by atoms with Gasteiger partial charge >= 0.3 is 0 Å². The third-order valence-corrected chi connectivity index (χ3v) is 4.51. The highest BCUT2D eigenvalue weighted by Gasteiger charge is 2.26. The maximum Gasteiger partial charge on any atom is 0.233 e. The molecule has 0 saturated heterocycles. The summed E-state index contributed by atoms with van der Waals surface area (Å²) in [5.41, 5.74) is 1.87. The molecule has 0 bridgehead atoms. The van der Waals surface area contributed by atoms with Crippen molar-refractivity contribution in [3.8, 4) is 0 Å². The molecular formula is C15H23NO2S. The Morgan fingerprint density at radius 2 is 2.00 bits per heavy atom. The fraction of sp³-hybridized carbons (Fsp3) is 0.533. The number of benzene rings is 1. The molecule has 1 amide bonds. The van der Waals surface area contributed by atoms with Gasteiger partial charge in [0.1, 0.15) is 0 Å². The van der Waals surface area contributed by atoms with E-state index in [4.69, 9.17) is 0 Å². The molecule has 1 rings (SSSR count). The second-order valence-corrected chi connectivity index (χ2v) is 6.50. The van der Waals surface area contributed by atoms with Gasteiger partial charge in [-0.05, 0) is 39.3 Å². The van der Waals surface area contributed by atoms with Crippen molar-refractivity contribution in [2.75, 3.05) is 19.4 Å². The number of aryl methyl sites for hydroxylation is 2. The first kappa shape index (κ1) is 16.1. The van der Waals surface area contributed by atoms with Crippen molar-refractivity contribution >= 4 is 17.7 Å². The summed E-state index contributed by atoms with van der Waals surface area (Å²) in [5, 5.41) is 9.28. The van der Waals surface area contributed by atoms with Crippen LogP contribution in [0.1, 0.15) is 25.0 Å². The average Bonchev–Trinajstić information content (AvgIpc) is 2.38. The van der Waals surface area contributed by atoms with Crippen LogP contribution in [-0.2, 0) is 4.79 Å². The van der Waals surface area contributed by atoms with Crippen LogP contribution in [0.3, 0.4) is 0 Å². The van der Waals surface area contributed by atoms with E-state index in [-0.39, 0.29) is 12.5 Å². The van der Waals surface area contributed by atoms with Gasteiger partial charge in [0.05, 0.1) is 17.9 Å². The number of hydrogen-bond acceptors (Lipinski definition) is 3. The number of aliphatic hydroxyl groups is 1. The standard InChI is InChI=1S/C15H23NO2S/c1-11-6-7-12(2)13(8-11)19-9-14(18)16(5)15(3,4)10-17/h6-8,17H,9-10H2,1-5H3. The van der Waals surface area contributed by atoms with Gasteiger partial charge in [0, 0.05) is 11.9 Å². The quantitative estimate of drug-likeness (QED) is 0.844. The highest BCUT2D eigenvalue weighted by Crippen LogP contribution is 2.24. The van der Waals surface area contributed by atoms with Gasteiger partial charge in [-0.25, -0.2) is 0 Å². The molecule has 0 fully saturated rings. The normalized spacial score (nSPS) is 11.5. The third kappa shape index (κ3) is 4.25. The fourth-order valence-corrected chi connectivity index (χ4v) is 2.58. The molecule has 0 aromatic heterocycles. The minimum atomic E-state index is -0.515. The molecule has 0 saturated carbocycles. The molecule has 19 heavy (non-hydrogen) atoms. The van der Waals surface area contributed by atoms with Crippen molar-refractivity contribution in [3.05, 3.63) is 29.3 Å². The van der Waals surface area contributed by atoms with Crippen LogP contribution in [0.5, 0.6) is 0 Å². The highest BCUT2D eigenvalue weighted by molar-refractivity contribution is 8.00. The number of nitrogens with zero attached hydrogens (tertiary/aromatic N) is 1. The summed E-state index contributed by atoms with van der Waals surface area (Å²) in [6.07, 6.45) is 0. The second-order valence-electron chi connectivity index (χ2n) is 5.48. The van der Waals surface area contributed by atoms with Crippen LogP contribution in [0.15, 0.2) is 23.1 Å². The summed E-state index contributed by atoms with van der Waals surface area (Å²) in [4.78, 5) is 14.9. The van der Waals surface area contributed by atoms with Crippen molar-refractivity contribution in [2.24, 2.45) is 0 Å². The first-order valence-electron chi connectivity index (χ1n) is 6.35. The highest BCUT2D eigenvalue weighted by atomic mass is 32.2. The number of thioether (sulfide) groups is 1. The van der Waals surface area contributed by atoms with Crippen LogP contribution in [0.2, 0.25) is 0 Å². The summed E-state index contributed by atoms with van der Waals surface area (Å²) in [6.45, 7) is 7.77. The molecule has 0 spiro atoms. The SMILES string of the molecule is Cc1ccc(C)c(SCC(=O)N(C)C(C)(C)CO)c1. The summed E-state index contributed by atoms with van der Waals surface area (Å²) >= 11 is 1.55. The number of rotatable bonds is 5. The Morgan fingerprint density at radius 1 is 1.37 bits per heavy atom. The smallest absolute Gasteiger partial charge is 0.233 e. The maximum atomic E-state index is 12.1. The molecule has 0 unspecified atom stereocenters. The van der Waals surface area contributed by atoms with E-state index in [2.05, 4.69) is 18.2 Å². The molecule has 1 N–H and O–H groups in total. The molecule has 0 aliphatic carbocycles. The van der Waals surface area contributed by atoms with Gasteiger partial charge in [0.15, 0.2) is 0 Å². The van der Waals surface area contributed by atoms with E-state index < -0.39 is 5.54 Å². The van der Waals surface area contributed by atoms with Gasteiger partial charge in [0.25, 0.3) is 0 Å². The lowest BCUT2D eigenvalue weighted by molar-refractivity contribution is -0.133. The summed E-state index contributed by atoms with van der Waals surface area (Å²) in [6, 6.07) is 6.25. The molecule has 1 aromatic carbocycles. The minimum absolute atomic E-state index is 0.0324.